The van der Waals surface area contributed by atoms with E-state index >= 15 is 0 Å². The molecule has 0 amide bonds. The second-order valence-electron chi connectivity index (χ2n) is 7.91. The van der Waals surface area contributed by atoms with E-state index in [0.717, 1.165) is 22.3 Å². The summed E-state index contributed by atoms with van der Waals surface area (Å²) < 4.78 is 33.6. The first-order valence-electron chi connectivity index (χ1n) is 10.7. The molecule has 3 N–H and O–H groups in total. The zero-order valence-electron chi connectivity index (χ0n) is 18.4. The van der Waals surface area contributed by atoms with Gasteiger partial charge in [-0.25, -0.2) is 0 Å². The van der Waals surface area contributed by atoms with Crippen LogP contribution in [0.15, 0.2) is 119 Å². The predicted octanol–water partition coefficient (Wildman–Crippen LogP) is 6.16. The van der Waals surface area contributed by atoms with E-state index in [-0.39, 0.29) is 45.8 Å². The van der Waals surface area contributed by atoms with Crippen LogP contribution in [0.3, 0.4) is 0 Å². The van der Waals surface area contributed by atoms with E-state index in [0.29, 0.717) is 16.5 Å². The van der Waals surface area contributed by atoms with E-state index < -0.39 is 10.1 Å². The van der Waals surface area contributed by atoms with Gasteiger partial charge >= 0.3 is 29.6 Å². The molecule has 0 spiro atoms. The number of azo groups is 1. The molecule has 9 heteroatoms. The standard InChI is InChI=1S/C27H20N4O3S.Na.H/c28-27-24-12-5-4-11-23(24)26(35(32,33)34)15-25(27)31-30-22-14-21(16-29-17-22)20-10-6-9-19(13-20)18-7-2-1-3-8-18;;/h1-17H,28H2,(H,32,33,34);;/b31-30+;;. The summed E-state index contributed by atoms with van der Waals surface area (Å²) in [5.41, 5.74) is 11.1. The molecule has 174 valence electrons. The summed E-state index contributed by atoms with van der Waals surface area (Å²) in [6.07, 6.45) is 3.29. The third kappa shape index (κ3) is 5.38. The molecule has 1 aromatic heterocycles. The van der Waals surface area contributed by atoms with Gasteiger partial charge in [0.15, 0.2) is 0 Å². The number of nitrogens with two attached hydrogens (primary N) is 1. The second-order valence-corrected chi connectivity index (χ2v) is 9.30. The Morgan fingerprint density at radius 3 is 2.06 bits per heavy atom. The number of rotatable bonds is 5. The van der Waals surface area contributed by atoms with Crippen molar-refractivity contribution in [3.63, 3.8) is 0 Å². The third-order valence-electron chi connectivity index (χ3n) is 5.60. The van der Waals surface area contributed by atoms with E-state index in [1.807, 2.05) is 42.5 Å². The minimum atomic E-state index is -4.49. The van der Waals surface area contributed by atoms with Crippen molar-refractivity contribution in [1.29, 1.82) is 0 Å². The SMILES string of the molecule is Nc1c(/N=N/c2cncc(-c3cccc(-c4ccccc4)c3)c2)cc(S(=O)(=O)O)c2ccccc12.[NaH]. The number of hydrogen-bond donors (Lipinski definition) is 2. The Morgan fingerprint density at radius 2 is 1.33 bits per heavy atom. The normalized spacial score (nSPS) is 11.5. The van der Waals surface area contributed by atoms with Crippen molar-refractivity contribution in [2.75, 3.05) is 5.73 Å². The van der Waals surface area contributed by atoms with Gasteiger partial charge in [0.05, 0.1) is 11.9 Å². The molecule has 4 aromatic carbocycles. The number of benzene rings is 4. The van der Waals surface area contributed by atoms with Gasteiger partial charge in [0.1, 0.15) is 16.3 Å². The fourth-order valence-electron chi connectivity index (χ4n) is 3.91. The Hall–Kier alpha value is -3.40. The van der Waals surface area contributed by atoms with Gasteiger partial charge in [-0.3, -0.25) is 9.54 Å². The molecule has 0 aliphatic heterocycles. The first kappa shape index (κ1) is 25.7. The van der Waals surface area contributed by atoms with Crippen LogP contribution in [0.4, 0.5) is 17.1 Å². The summed E-state index contributed by atoms with van der Waals surface area (Å²) in [6, 6.07) is 27.9. The molecule has 5 rings (SSSR count). The Labute approximate surface area is 230 Å². The van der Waals surface area contributed by atoms with E-state index in [1.54, 1.807) is 36.7 Å². The van der Waals surface area contributed by atoms with Crippen molar-refractivity contribution in [3.05, 3.63) is 103 Å². The Balaban J connectivity index is 0.00000304. The van der Waals surface area contributed by atoms with Crippen LogP contribution in [0.5, 0.6) is 0 Å². The molecule has 0 atom stereocenters. The van der Waals surface area contributed by atoms with Crippen molar-refractivity contribution in [1.82, 2.24) is 4.98 Å². The summed E-state index contributed by atoms with van der Waals surface area (Å²) in [5, 5.41) is 9.20. The third-order valence-corrected chi connectivity index (χ3v) is 6.50. The van der Waals surface area contributed by atoms with Crippen molar-refractivity contribution >= 4 is 67.5 Å². The predicted molar refractivity (Wildman–Crippen MR) is 145 cm³/mol. The molecule has 0 aliphatic carbocycles. The first-order chi connectivity index (χ1) is 16.9. The van der Waals surface area contributed by atoms with Gasteiger partial charge in [-0.15, -0.1) is 10.2 Å². The van der Waals surface area contributed by atoms with Gasteiger partial charge in [-0.05, 0) is 34.9 Å². The Bertz CT molecular complexity index is 1690. The van der Waals surface area contributed by atoms with Gasteiger partial charge in [0.25, 0.3) is 10.1 Å². The average molecular weight is 505 g/mol. The minimum absolute atomic E-state index is 0. The van der Waals surface area contributed by atoms with Crippen LogP contribution in [0.25, 0.3) is 33.0 Å². The molecule has 0 fully saturated rings. The molecule has 5 aromatic rings. The van der Waals surface area contributed by atoms with E-state index in [1.165, 1.54) is 6.07 Å². The molecule has 1 heterocycles. The van der Waals surface area contributed by atoms with Crippen LogP contribution in [-0.2, 0) is 10.1 Å². The number of hydrogen-bond acceptors (Lipinski definition) is 6. The summed E-state index contributed by atoms with van der Waals surface area (Å²) in [5.74, 6) is 0. The number of fused-ring (bicyclic) bond motifs is 1. The van der Waals surface area contributed by atoms with Crippen molar-refractivity contribution in [2.24, 2.45) is 10.2 Å². The van der Waals surface area contributed by atoms with Crippen LogP contribution in [0, 0.1) is 0 Å². The number of nitrogen functional groups attached to an aromatic ring is 1. The quantitative estimate of drug-likeness (QED) is 0.129. The number of pyridine rings is 1. The van der Waals surface area contributed by atoms with Crippen molar-refractivity contribution in [3.8, 4) is 22.3 Å². The van der Waals surface area contributed by atoms with Gasteiger partial charge in [0, 0.05) is 22.5 Å². The summed E-state index contributed by atoms with van der Waals surface area (Å²) in [7, 11) is -4.49. The number of anilines is 1. The summed E-state index contributed by atoms with van der Waals surface area (Å²) in [6.45, 7) is 0. The molecular formula is C27H21N4NaO3S. The van der Waals surface area contributed by atoms with Crippen molar-refractivity contribution < 1.29 is 13.0 Å². The molecule has 0 saturated heterocycles. The zero-order valence-corrected chi connectivity index (χ0v) is 19.2. The van der Waals surface area contributed by atoms with E-state index in [2.05, 4.69) is 33.4 Å². The van der Waals surface area contributed by atoms with Gasteiger partial charge in [0.2, 0.25) is 0 Å². The molecule has 0 unspecified atom stereocenters. The zero-order chi connectivity index (χ0) is 24.4. The summed E-state index contributed by atoms with van der Waals surface area (Å²) >= 11 is 0. The molecule has 0 aliphatic rings. The molecule has 0 bridgehead atoms. The molecule has 0 saturated carbocycles. The number of aromatic nitrogens is 1. The molecular weight excluding hydrogens is 483 g/mol. The topological polar surface area (TPSA) is 118 Å². The second kappa shape index (κ2) is 10.7. The van der Waals surface area contributed by atoms with Crippen LogP contribution in [0.1, 0.15) is 0 Å². The average Bonchev–Trinajstić information content (AvgIpc) is 2.88. The maximum atomic E-state index is 11.9. The fraction of sp³-hybridized carbons (Fsp3) is 0. The van der Waals surface area contributed by atoms with Gasteiger partial charge < -0.3 is 5.73 Å². The molecule has 7 nitrogen and oxygen atoms in total. The summed E-state index contributed by atoms with van der Waals surface area (Å²) in [4.78, 5) is 4.01. The van der Waals surface area contributed by atoms with E-state index in [4.69, 9.17) is 5.73 Å². The molecule has 36 heavy (non-hydrogen) atoms. The van der Waals surface area contributed by atoms with Crippen LogP contribution in [-0.4, -0.2) is 47.5 Å². The van der Waals surface area contributed by atoms with Gasteiger partial charge in [-0.2, -0.15) is 8.42 Å². The Morgan fingerprint density at radius 1 is 0.694 bits per heavy atom. The maximum absolute atomic E-state index is 11.9. The first-order valence-corrected chi connectivity index (χ1v) is 12.2. The van der Waals surface area contributed by atoms with Crippen LogP contribution in [0.2, 0.25) is 0 Å². The van der Waals surface area contributed by atoms with Gasteiger partial charge in [-0.1, -0.05) is 72.8 Å². The molecule has 0 radical (unpaired) electrons. The van der Waals surface area contributed by atoms with Crippen molar-refractivity contribution in [2.45, 2.75) is 4.90 Å². The van der Waals surface area contributed by atoms with Crippen LogP contribution >= 0.6 is 0 Å². The Kier molecular flexibility index (Phi) is 7.63. The van der Waals surface area contributed by atoms with Crippen LogP contribution < -0.4 is 5.73 Å². The van der Waals surface area contributed by atoms with E-state index in [9.17, 15) is 13.0 Å². The number of nitrogens with zero attached hydrogens (tertiary/aromatic N) is 3. The fourth-order valence-corrected chi connectivity index (χ4v) is 4.62. The monoisotopic (exact) mass is 504 g/mol.